The Hall–Kier alpha value is -4.36. The lowest BCUT2D eigenvalue weighted by molar-refractivity contribution is -0.0396. The van der Waals surface area contributed by atoms with Crippen LogP contribution < -0.4 is 0 Å². The highest BCUT2D eigenvalue weighted by atomic mass is 16.5. The predicted octanol–water partition coefficient (Wildman–Crippen LogP) is 5.01. The first-order chi connectivity index (χ1) is 16.8. The van der Waals surface area contributed by atoms with Gasteiger partial charge in [0.1, 0.15) is 34.5 Å². The highest BCUT2D eigenvalue weighted by Gasteiger charge is 2.49. The van der Waals surface area contributed by atoms with Crippen molar-refractivity contribution in [1.29, 1.82) is 0 Å². The quantitative estimate of drug-likeness (QED) is 0.243. The maximum Gasteiger partial charge on any atom is 0.123 e. The molecule has 2 bridgehead atoms. The van der Waals surface area contributed by atoms with Gasteiger partial charge in [-0.1, -0.05) is 24.3 Å². The van der Waals surface area contributed by atoms with Crippen LogP contribution in [0.4, 0.5) is 0 Å². The van der Waals surface area contributed by atoms with E-state index in [-0.39, 0.29) is 34.5 Å². The molecule has 0 radical (unpaired) electrons. The van der Waals surface area contributed by atoms with Gasteiger partial charge < -0.3 is 35.4 Å². The van der Waals surface area contributed by atoms with Crippen molar-refractivity contribution in [2.75, 3.05) is 0 Å². The van der Waals surface area contributed by atoms with Crippen LogP contribution in [-0.4, -0.2) is 30.6 Å². The lowest BCUT2D eigenvalue weighted by Gasteiger charge is -2.38. The Bertz CT molecular complexity index is 1440. The Morgan fingerprint density at radius 1 is 0.457 bits per heavy atom. The molecule has 0 aromatic heterocycles. The zero-order valence-corrected chi connectivity index (χ0v) is 18.3. The molecule has 0 saturated heterocycles. The smallest absolute Gasteiger partial charge is 0.123 e. The molecule has 4 atom stereocenters. The fraction of sp³-hybridized carbons (Fsp3) is 0.143. The van der Waals surface area contributed by atoms with Crippen LogP contribution in [0.15, 0.2) is 72.8 Å². The molecular formula is C28H22O7. The normalized spacial score (nSPS) is 22.3. The Labute approximate surface area is 200 Å². The Kier molecular flexibility index (Phi) is 4.59. The summed E-state index contributed by atoms with van der Waals surface area (Å²) in [5.74, 6) is -1.56. The van der Waals surface area contributed by atoms with Crippen molar-refractivity contribution < 1.29 is 35.4 Å². The first-order valence-electron chi connectivity index (χ1n) is 11.2. The number of hydrogen-bond acceptors (Lipinski definition) is 7. The topological polar surface area (TPSA) is 131 Å². The van der Waals surface area contributed by atoms with Crippen LogP contribution in [0.1, 0.15) is 57.4 Å². The lowest BCUT2D eigenvalue weighted by Crippen LogP contribution is -2.25. The maximum absolute atomic E-state index is 11.1. The molecule has 0 amide bonds. The Morgan fingerprint density at radius 3 is 1.51 bits per heavy atom. The van der Waals surface area contributed by atoms with Crippen molar-refractivity contribution in [1.82, 2.24) is 0 Å². The molecule has 4 aromatic rings. The van der Waals surface area contributed by atoms with Gasteiger partial charge in [-0.15, -0.1) is 0 Å². The van der Waals surface area contributed by atoms with Crippen molar-refractivity contribution >= 4 is 0 Å². The molecule has 35 heavy (non-hydrogen) atoms. The van der Waals surface area contributed by atoms with Gasteiger partial charge in [-0.05, 0) is 58.7 Å². The molecule has 0 fully saturated rings. The van der Waals surface area contributed by atoms with Gasteiger partial charge in [0, 0.05) is 35.1 Å². The molecule has 7 heteroatoms. The van der Waals surface area contributed by atoms with E-state index < -0.39 is 24.0 Å². The van der Waals surface area contributed by atoms with Crippen LogP contribution in [0.5, 0.6) is 34.5 Å². The number of phenolic OH excluding ortho intramolecular Hbond substituents is 6. The van der Waals surface area contributed by atoms with Crippen molar-refractivity contribution in [3.63, 3.8) is 0 Å². The molecule has 176 valence electrons. The number of fused-ring (bicyclic) bond motifs is 2. The zero-order chi connectivity index (χ0) is 24.4. The van der Waals surface area contributed by atoms with Gasteiger partial charge in [0.15, 0.2) is 0 Å². The van der Waals surface area contributed by atoms with Gasteiger partial charge in [-0.2, -0.15) is 0 Å². The van der Waals surface area contributed by atoms with Crippen molar-refractivity contribution in [2.24, 2.45) is 0 Å². The van der Waals surface area contributed by atoms with E-state index in [1.807, 2.05) is 0 Å². The molecular weight excluding hydrogens is 448 g/mol. The second kappa shape index (κ2) is 7.58. The molecule has 2 aliphatic rings. The molecule has 7 nitrogen and oxygen atoms in total. The summed E-state index contributed by atoms with van der Waals surface area (Å²) in [6.45, 7) is 0. The van der Waals surface area contributed by atoms with E-state index in [9.17, 15) is 30.6 Å². The third-order valence-corrected chi connectivity index (χ3v) is 6.99. The van der Waals surface area contributed by atoms with E-state index in [0.29, 0.717) is 22.3 Å². The second-order valence-electron chi connectivity index (χ2n) is 9.05. The molecule has 6 rings (SSSR count). The minimum Gasteiger partial charge on any atom is -0.508 e. The minimum atomic E-state index is -0.737. The standard InChI is InChI=1S/C28H22O7/c29-15-5-1-13(2-6-15)23-24-19(9-17(31)11-21(24)33)26-25-20(10-18(32)12-22(25)34)28(23)35-27(26)14-3-7-16(30)8-4-14/h1-12,23,26-34H/t23-,26-,27-,28-/m0/s1. The largest absolute Gasteiger partial charge is 0.508 e. The number of benzene rings is 4. The Morgan fingerprint density at radius 2 is 0.943 bits per heavy atom. The van der Waals surface area contributed by atoms with E-state index >= 15 is 0 Å². The van der Waals surface area contributed by atoms with Crippen LogP contribution in [-0.2, 0) is 4.74 Å². The molecule has 1 heterocycles. The second-order valence-corrected chi connectivity index (χ2v) is 9.05. The van der Waals surface area contributed by atoms with Gasteiger partial charge in [-0.3, -0.25) is 0 Å². The number of phenols is 6. The molecule has 1 aliphatic carbocycles. The van der Waals surface area contributed by atoms with Crippen molar-refractivity contribution in [3.05, 3.63) is 106 Å². The van der Waals surface area contributed by atoms with Crippen LogP contribution in [0.2, 0.25) is 0 Å². The first-order valence-corrected chi connectivity index (χ1v) is 11.2. The van der Waals surface area contributed by atoms with Crippen molar-refractivity contribution in [2.45, 2.75) is 24.0 Å². The van der Waals surface area contributed by atoms with Crippen molar-refractivity contribution in [3.8, 4) is 34.5 Å². The van der Waals surface area contributed by atoms with Crippen LogP contribution in [0.3, 0.4) is 0 Å². The van der Waals surface area contributed by atoms with E-state index in [4.69, 9.17) is 4.74 Å². The summed E-state index contributed by atoms with van der Waals surface area (Å²) in [4.78, 5) is 0. The predicted molar refractivity (Wildman–Crippen MR) is 126 cm³/mol. The summed E-state index contributed by atoms with van der Waals surface area (Å²) >= 11 is 0. The number of aromatic hydroxyl groups is 6. The fourth-order valence-electron chi connectivity index (χ4n) is 5.61. The van der Waals surface area contributed by atoms with Gasteiger partial charge in [0.05, 0.1) is 12.2 Å². The van der Waals surface area contributed by atoms with Gasteiger partial charge in [-0.25, -0.2) is 0 Å². The van der Waals surface area contributed by atoms with Crippen LogP contribution in [0, 0.1) is 0 Å². The average molecular weight is 470 g/mol. The summed E-state index contributed by atoms with van der Waals surface area (Å²) in [7, 11) is 0. The maximum atomic E-state index is 11.1. The molecule has 4 aromatic carbocycles. The highest BCUT2D eigenvalue weighted by molar-refractivity contribution is 5.64. The number of ether oxygens (including phenoxy) is 1. The first kappa shape index (κ1) is 21.2. The Balaban J connectivity index is 1.70. The molecule has 0 unspecified atom stereocenters. The summed E-state index contributed by atoms with van der Waals surface area (Å²) < 4.78 is 6.69. The SMILES string of the molecule is Oc1ccc([C@H]2c3c(O)cc(O)cc3[C@H]3c4c(O)cc(O)cc4[C@@H]2O[C@H]3c2ccc(O)cc2)cc1. The molecule has 6 N–H and O–H groups in total. The lowest BCUT2D eigenvalue weighted by atomic mass is 9.79. The minimum absolute atomic E-state index is 0.0837. The van der Waals surface area contributed by atoms with Gasteiger partial charge in [0.2, 0.25) is 0 Å². The fourth-order valence-corrected chi connectivity index (χ4v) is 5.61. The zero-order valence-electron chi connectivity index (χ0n) is 18.3. The molecule has 0 spiro atoms. The van der Waals surface area contributed by atoms with E-state index in [1.165, 1.54) is 12.1 Å². The summed E-state index contributed by atoms with van der Waals surface area (Å²) in [6.07, 6.45) is -1.37. The van der Waals surface area contributed by atoms with E-state index in [2.05, 4.69) is 0 Å². The molecule has 0 saturated carbocycles. The number of rotatable bonds is 2. The number of hydrogen-bond donors (Lipinski definition) is 6. The van der Waals surface area contributed by atoms with Gasteiger partial charge in [0.25, 0.3) is 0 Å². The summed E-state index contributed by atoms with van der Waals surface area (Å²) in [5, 5.41) is 62.6. The summed E-state index contributed by atoms with van der Waals surface area (Å²) in [5.41, 5.74) is 3.66. The van der Waals surface area contributed by atoms with Crippen LogP contribution >= 0.6 is 0 Å². The summed E-state index contributed by atoms with van der Waals surface area (Å²) in [6, 6.07) is 18.8. The highest BCUT2D eigenvalue weighted by Crippen LogP contribution is 2.62. The van der Waals surface area contributed by atoms with Crippen LogP contribution in [0.25, 0.3) is 0 Å². The molecule has 1 aliphatic heterocycles. The monoisotopic (exact) mass is 470 g/mol. The van der Waals surface area contributed by atoms with Gasteiger partial charge >= 0.3 is 0 Å². The average Bonchev–Trinajstić information content (AvgIpc) is 3.02. The van der Waals surface area contributed by atoms with E-state index in [0.717, 1.165) is 11.1 Å². The van der Waals surface area contributed by atoms with E-state index in [1.54, 1.807) is 60.7 Å². The third-order valence-electron chi connectivity index (χ3n) is 6.99. The third kappa shape index (κ3) is 3.24.